The molecule has 0 bridgehead atoms. The summed E-state index contributed by atoms with van der Waals surface area (Å²) in [4.78, 5) is 5.61. The van der Waals surface area contributed by atoms with E-state index in [0.717, 1.165) is 12.1 Å². The summed E-state index contributed by atoms with van der Waals surface area (Å²) in [5.74, 6) is 0. The Balaban J connectivity index is 2.03. The molecule has 1 atom stereocenters. The first-order chi connectivity index (χ1) is 8.70. The molecule has 0 fully saturated rings. The molecule has 2 aromatic rings. The summed E-state index contributed by atoms with van der Waals surface area (Å²) in [6, 6.07) is 9.06. The van der Waals surface area contributed by atoms with Gasteiger partial charge in [-0.2, -0.15) is 0 Å². The number of aryl methyl sites for hydroxylation is 2. The average molecular weight is 260 g/mol. The van der Waals surface area contributed by atoms with Crippen molar-refractivity contribution in [1.82, 2.24) is 4.98 Å². The summed E-state index contributed by atoms with van der Waals surface area (Å²) in [6.45, 7) is 6.45. The fourth-order valence-electron chi connectivity index (χ4n) is 2.10. The van der Waals surface area contributed by atoms with Gasteiger partial charge in [0.15, 0.2) is 0 Å². The molecular weight excluding hydrogens is 240 g/mol. The van der Waals surface area contributed by atoms with Gasteiger partial charge in [0.2, 0.25) is 0 Å². The number of nitrogens with zero attached hydrogens (tertiary/aromatic N) is 1. The zero-order valence-corrected chi connectivity index (χ0v) is 12.1. The summed E-state index contributed by atoms with van der Waals surface area (Å²) in [5, 5.41) is 3.52. The van der Waals surface area contributed by atoms with Crippen LogP contribution in [0.1, 0.15) is 42.4 Å². The van der Waals surface area contributed by atoms with Gasteiger partial charge in [-0.05, 0) is 38.0 Å². The van der Waals surface area contributed by atoms with Crippen LogP contribution in [-0.4, -0.2) is 4.98 Å². The fourth-order valence-corrected chi connectivity index (χ4v) is 2.91. The molecule has 0 aliphatic rings. The van der Waals surface area contributed by atoms with Crippen molar-refractivity contribution in [2.75, 3.05) is 5.32 Å². The highest BCUT2D eigenvalue weighted by Gasteiger charge is 2.10. The molecule has 0 spiro atoms. The van der Waals surface area contributed by atoms with Gasteiger partial charge in [-0.15, -0.1) is 11.3 Å². The summed E-state index contributed by atoms with van der Waals surface area (Å²) in [5.41, 5.74) is 5.62. The first kappa shape index (κ1) is 13.1. The monoisotopic (exact) mass is 260 g/mol. The molecule has 0 saturated carbocycles. The third kappa shape index (κ3) is 3.10. The largest absolute Gasteiger partial charge is 0.378 e. The van der Waals surface area contributed by atoms with E-state index >= 15 is 0 Å². The molecule has 2 nitrogen and oxygen atoms in total. The van der Waals surface area contributed by atoms with Crippen LogP contribution in [0.15, 0.2) is 29.8 Å². The Bertz CT molecular complexity index is 487. The molecule has 0 radical (unpaired) electrons. The smallest absolute Gasteiger partial charge is 0.0798 e. The maximum absolute atomic E-state index is 4.30. The van der Waals surface area contributed by atoms with E-state index in [9.17, 15) is 0 Å². The van der Waals surface area contributed by atoms with E-state index in [0.29, 0.717) is 6.04 Å². The van der Waals surface area contributed by atoms with Crippen molar-refractivity contribution in [2.45, 2.75) is 39.7 Å². The van der Waals surface area contributed by atoms with Crippen LogP contribution in [0.2, 0.25) is 0 Å². The van der Waals surface area contributed by atoms with E-state index in [4.69, 9.17) is 0 Å². The van der Waals surface area contributed by atoms with E-state index in [1.165, 1.54) is 22.5 Å². The second-order valence-corrected chi connectivity index (χ2v) is 5.50. The number of anilines is 1. The van der Waals surface area contributed by atoms with E-state index in [-0.39, 0.29) is 0 Å². The highest BCUT2D eigenvalue weighted by molar-refractivity contribution is 7.09. The first-order valence-electron chi connectivity index (χ1n) is 6.46. The van der Waals surface area contributed by atoms with Crippen molar-refractivity contribution in [3.63, 3.8) is 0 Å². The highest BCUT2D eigenvalue weighted by Crippen LogP contribution is 2.25. The summed E-state index contributed by atoms with van der Waals surface area (Å²) in [6.07, 6.45) is 2.35. The standard InChI is InChI=1S/C15H20N2S/c1-4-5-13-6-8-14(9-7-13)17-12(3)15-11(2)16-10-18-15/h6-10,12,17H,4-5H2,1-3H3. The minimum absolute atomic E-state index is 0.314. The molecule has 3 heteroatoms. The van der Waals surface area contributed by atoms with Gasteiger partial charge in [0.05, 0.1) is 17.2 Å². The predicted molar refractivity (Wildman–Crippen MR) is 79.3 cm³/mol. The zero-order valence-electron chi connectivity index (χ0n) is 11.2. The SMILES string of the molecule is CCCc1ccc(NC(C)c2scnc2C)cc1. The van der Waals surface area contributed by atoms with Crippen LogP contribution in [0.5, 0.6) is 0 Å². The first-order valence-corrected chi connectivity index (χ1v) is 7.34. The topological polar surface area (TPSA) is 24.9 Å². The molecule has 1 N–H and O–H groups in total. The van der Waals surface area contributed by atoms with Gasteiger partial charge in [0.25, 0.3) is 0 Å². The Morgan fingerprint density at radius 1 is 1.28 bits per heavy atom. The predicted octanol–water partition coefficient (Wildman–Crippen LogP) is 4.58. The molecule has 0 aliphatic heterocycles. The van der Waals surface area contributed by atoms with Gasteiger partial charge < -0.3 is 5.32 Å². The number of rotatable bonds is 5. The van der Waals surface area contributed by atoms with Crippen LogP contribution < -0.4 is 5.32 Å². The Hall–Kier alpha value is -1.35. The number of hydrogen-bond acceptors (Lipinski definition) is 3. The van der Waals surface area contributed by atoms with Gasteiger partial charge in [-0.3, -0.25) is 0 Å². The summed E-state index contributed by atoms with van der Waals surface area (Å²) >= 11 is 1.71. The molecule has 1 aromatic carbocycles. The molecule has 1 heterocycles. The van der Waals surface area contributed by atoms with Crippen LogP contribution in [0.3, 0.4) is 0 Å². The number of benzene rings is 1. The molecule has 0 aliphatic carbocycles. The molecule has 1 aromatic heterocycles. The number of hydrogen-bond donors (Lipinski definition) is 1. The minimum Gasteiger partial charge on any atom is -0.378 e. The van der Waals surface area contributed by atoms with Gasteiger partial charge in [-0.25, -0.2) is 4.98 Å². The van der Waals surface area contributed by atoms with Crippen LogP contribution in [-0.2, 0) is 6.42 Å². The van der Waals surface area contributed by atoms with Gasteiger partial charge in [0, 0.05) is 10.6 Å². The number of aromatic nitrogens is 1. The van der Waals surface area contributed by atoms with Crippen molar-refractivity contribution in [3.8, 4) is 0 Å². The Morgan fingerprint density at radius 2 is 2.00 bits per heavy atom. The van der Waals surface area contributed by atoms with E-state index in [1.807, 2.05) is 5.51 Å². The third-order valence-corrected chi connectivity index (χ3v) is 4.17. The van der Waals surface area contributed by atoms with E-state index < -0.39 is 0 Å². The van der Waals surface area contributed by atoms with E-state index in [2.05, 4.69) is 55.3 Å². The molecule has 1 unspecified atom stereocenters. The lowest BCUT2D eigenvalue weighted by Crippen LogP contribution is -2.06. The third-order valence-electron chi connectivity index (χ3n) is 3.05. The van der Waals surface area contributed by atoms with Crippen LogP contribution in [0.25, 0.3) is 0 Å². The van der Waals surface area contributed by atoms with E-state index in [1.54, 1.807) is 11.3 Å². The Morgan fingerprint density at radius 3 is 2.56 bits per heavy atom. The Kier molecular flexibility index (Phi) is 4.37. The molecule has 18 heavy (non-hydrogen) atoms. The van der Waals surface area contributed by atoms with Crippen molar-refractivity contribution < 1.29 is 0 Å². The molecule has 0 saturated heterocycles. The number of thiazole rings is 1. The normalized spacial score (nSPS) is 12.4. The summed E-state index contributed by atoms with van der Waals surface area (Å²) in [7, 11) is 0. The van der Waals surface area contributed by atoms with Crippen LogP contribution in [0.4, 0.5) is 5.69 Å². The lowest BCUT2D eigenvalue weighted by Gasteiger charge is -2.14. The lowest BCUT2D eigenvalue weighted by molar-refractivity contribution is 0.888. The van der Waals surface area contributed by atoms with Gasteiger partial charge in [0.1, 0.15) is 0 Å². The van der Waals surface area contributed by atoms with Crippen molar-refractivity contribution >= 4 is 17.0 Å². The number of nitrogens with one attached hydrogen (secondary N) is 1. The van der Waals surface area contributed by atoms with Crippen molar-refractivity contribution in [3.05, 3.63) is 45.9 Å². The molecule has 2 rings (SSSR count). The second-order valence-electron chi connectivity index (χ2n) is 4.61. The molecule has 96 valence electrons. The molecular formula is C15H20N2S. The fraction of sp³-hybridized carbons (Fsp3) is 0.400. The van der Waals surface area contributed by atoms with Crippen molar-refractivity contribution in [2.24, 2.45) is 0 Å². The maximum Gasteiger partial charge on any atom is 0.0798 e. The van der Waals surface area contributed by atoms with Crippen molar-refractivity contribution in [1.29, 1.82) is 0 Å². The highest BCUT2D eigenvalue weighted by atomic mass is 32.1. The average Bonchev–Trinajstić information content (AvgIpc) is 2.78. The molecule has 0 amide bonds. The second kappa shape index (κ2) is 6.01. The van der Waals surface area contributed by atoms with Gasteiger partial charge >= 0.3 is 0 Å². The summed E-state index contributed by atoms with van der Waals surface area (Å²) < 4.78 is 0. The Labute approximate surface area is 113 Å². The quantitative estimate of drug-likeness (QED) is 0.851. The van der Waals surface area contributed by atoms with Crippen LogP contribution in [0, 0.1) is 6.92 Å². The minimum atomic E-state index is 0.314. The lowest BCUT2D eigenvalue weighted by atomic mass is 10.1. The van der Waals surface area contributed by atoms with Crippen LogP contribution >= 0.6 is 11.3 Å². The zero-order chi connectivity index (χ0) is 13.0. The van der Waals surface area contributed by atoms with Gasteiger partial charge in [-0.1, -0.05) is 25.5 Å². The maximum atomic E-state index is 4.30.